The standard InChI is InChI=1S/C19H16N2O4/c1-3-25-19(22)16-11-14-10-15(21(23)24)8-9-17(14)20-18(16)13-6-4-12(2)5-7-13/h4-11H,3H2,1-2H3. The van der Waals surface area contributed by atoms with Gasteiger partial charge in [0.15, 0.2) is 0 Å². The van der Waals surface area contributed by atoms with E-state index in [1.165, 1.54) is 12.1 Å². The molecular weight excluding hydrogens is 320 g/mol. The van der Waals surface area contributed by atoms with Gasteiger partial charge in [0.05, 0.1) is 28.3 Å². The number of ether oxygens (including phenoxy) is 1. The molecule has 6 heteroatoms. The Bertz CT molecular complexity index is 965. The van der Waals surface area contributed by atoms with E-state index >= 15 is 0 Å². The first-order valence-corrected chi connectivity index (χ1v) is 7.83. The Morgan fingerprint density at radius 3 is 2.52 bits per heavy atom. The molecule has 0 saturated carbocycles. The number of nitrogens with zero attached hydrogens (tertiary/aromatic N) is 2. The van der Waals surface area contributed by atoms with Crippen molar-refractivity contribution in [2.75, 3.05) is 6.61 Å². The number of fused-ring (bicyclic) bond motifs is 1. The number of nitro benzene ring substituents is 1. The summed E-state index contributed by atoms with van der Waals surface area (Å²) in [6.07, 6.45) is 0. The molecule has 0 saturated heterocycles. The number of benzene rings is 2. The number of hydrogen-bond donors (Lipinski definition) is 0. The van der Waals surface area contributed by atoms with E-state index in [9.17, 15) is 14.9 Å². The zero-order chi connectivity index (χ0) is 18.0. The minimum Gasteiger partial charge on any atom is -0.462 e. The molecule has 0 N–H and O–H groups in total. The molecule has 0 aliphatic heterocycles. The lowest BCUT2D eigenvalue weighted by Crippen LogP contribution is -2.08. The second-order valence-corrected chi connectivity index (χ2v) is 5.61. The van der Waals surface area contributed by atoms with Crippen LogP contribution in [0.25, 0.3) is 22.2 Å². The van der Waals surface area contributed by atoms with Crippen LogP contribution in [0.5, 0.6) is 0 Å². The Morgan fingerprint density at radius 1 is 1.16 bits per heavy atom. The molecule has 2 aromatic carbocycles. The van der Waals surface area contributed by atoms with Crippen LogP contribution in [0.15, 0.2) is 48.5 Å². The van der Waals surface area contributed by atoms with E-state index in [1.54, 1.807) is 19.1 Å². The molecule has 0 atom stereocenters. The molecule has 0 bridgehead atoms. The third kappa shape index (κ3) is 3.33. The van der Waals surface area contributed by atoms with Crippen LogP contribution in [0, 0.1) is 17.0 Å². The summed E-state index contributed by atoms with van der Waals surface area (Å²) in [5.74, 6) is -0.501. The zero-order valence-corrected chi connectivity index (χ0v) is 13.9. The van der Waals surface area contributed by atoms with Crippen molar-refractivity contribution >= 4 is 22.6 Å². The molecule has 0 aliphatic carbocycles. The highest BCUT2D eigenvalue weighted by Crippen LogP contribution is 2.28. The Hall–Kier alpha value is -3.28. The van der Waals surface area contributed by atoms with Crippen molar-refractivity contribution in [2.45, 2.75) is 13.8 Å². The number of rotatable bonds is 4. The number of non-ortho nitro benzene ring substituents is 1. The first-order valence-electron chi connectivity index (χ1n) is 7.83. The molecule has 0 fully saturated rings. The van der Waals surface area contributed by atoms with Crippen LogP contribution in [-0.2, 0) is 4.74 Å². The molecule has 3 rings (SSSR count). The van der Waals surface area contributed by atoms with Gasteiger partial charge < -0.3 is 4.74 Å². The Kier molecular flexibility index (Phi) is 4.43. The van der Waals surface area contributed by atoms with Crippen molar-refractivity contribution in [2.24, 2.45) is 0 Å². The number of aromatic nitrogens is 1. The number of carbonyl (C=O) groups is 1. The largest absolute Gasteiger partial charge is 0.462 e. The van der Waals surface area contributed by atoms with Gasteiger partial charge in [-0.15, -0.1) is 0 Å². The van der Waals surface area contributed by atoms with Gasteiger partial charge in [0, 0.05) is 23.1 Å². The van der Waals surface area contributed by atoms with E-state index in [0.29, 0.717) is 22.2 Å². The smallest absolute Gasteiger partial charge is 0.340 e. The monoisotopic (exact) mass is 336 g/mol. The average Bonchev–Trinajstić information content (AvgIpc) is 2.61. The van der Waals surface area contributed by atoms with Crippen LogP contribution in [-0.4, -0.2) is 22.5 Å². The minimum absolute atomic E-state index is 0.0489. The van der Waals surface area contributed by atoms with Gasteiger partial charge in [0.25, 0.3) is 5.69 Å². The summed E-state index contributed by atoms with van der Waals surface area (Å²) in [5, 5.41) is 11.5. The molecule has 0 radical (unpaired) electrons. The maximum Gasteiger partial charge on any atom is 0.340 e. The van der Waals surface area contributed by atoms with Crippen LogP contribution < -0.4 is 0 Å². The number of nitro groups is 1. The Labute approximate surface area is 144 Å². The van der Waals surface area contributed by atoms with Gasteiger partial charge >= 0.3 is 5.97 Å². The Balaban J connectivity index is 2.24. The van der Waals surface area contributed by atoms with Crippen molar-refractivity contribution in [3.05, 3.63) is 69.8 Å². The van der Waals surface area contributed by atoms with Crippen molar-refractivity contribution in [1.29, 1.82) is 0 Å². The quantitative estimate of drug-likeness (QED) is 0.403. The van der Waals surface area contributed by atoms with Gasteiger partial charge in [-0.05, 0) is 26.0 Å². The second kappa shape index (κ2) is 6.68. The predicted octanol–water partition coefficient (Wildman–Crippen LogP) is 4.30. The van der Waals surface area contributed by atoms with E-state index in [2.05, 4.69) is 4.98 Å². The molecule has 1 heterocycles. The number of pyridine rings is 1. The van der Waals surface area contributed by atoms with Gasteiger partial charge in [-0.25, -0.2) is 9.78 Å². The average molecular weight is 336 g/mol. The molecule has 0 amide bonds. The minimum atomic E-state index is -0.501. The molecule has 6 nitrogen and oxygen atoms in total. The Morgan fingerprint density at radius 2 is 1.88 bits per heavy atom. The predicted molar refractivity (Wildman–Crippen MR) is 94.5 cm³/mol. The number of hydrogen-bond acceptors (Lipinski definition) is 5. The van der Waals surface area contributed by atoms with E-state index in [4.69, 9.17) is 4.74 Å². The summed E-state index contributed by atoms with van der Waals surface area (Å²) >= 11 is 0. The van der Waals surface area contributed by atoms with Crippen LogP contribution in [0.3, 0.4) is 0 Å². The van der Waals surface area contributed by atoms with Gasteiger partial charge in [0.1, 0.15) is 0 Å². The fourth-order valence-corrected chi connectivity index (χ4v) is 2.57. The highest BCUT2D eigenvalue weighted by molar-refractivity contribution is 6.00. The van der Waals surface area contributed by atoms with Crippen LogP contribution in [0.2, 0.25) is 0 Å². The van der Waals surface area contributed by atoms with Crippen LogP contribution in [0.1, 0.15) is 22.8 Å². The summed E-state index contributed by atoms with van der Waals surface area (Å²) in [6.45, 7) is 3.94. The summed E-state index contributed by atoms with van der Waals surface area (Å²) in [7, 11) is 0. The number of esters is 1. The van der Waals surface area contributed by atoms with E-state index < -0.39 is 10.9 Å². The number of carbonyl (C=O) groups excluding carboxylic acids is 1. The van der Waals surface area contributed by atoms with E-state index in [-0.39, 0.29) is 12.3 Å². The third-order valence-corrected chi connectivity index (χ3v) is 3.83. The molecule has 126 valence electrons. The lowest BCUT2D eigenvalue weighted by atomic mass is 10.0. The van der Waals surface area contributed by atoms with Crippen molar-refractivity contribution in [3.8, 4) is 11.3 Å². The first kappa shape index (κ1) is 16.6. The van der Waals surface area contributed by atoms with Gasteiger partial charge in [-0.1, -0.05) is 29.8 Å². The molecule has 25 heavy (non-hydrogen) atoms. The zero-order valence-electron chi connectivity index (χ0n) is 13.9. The van der Waals surface area contributed by atoms with Crippen LogP contribution in [0.4, 0.5) is 5.69 Å². The van der Waals surface area contributed by atoms with Gasteiger partial charge in [-0.3, -0.25) is 10.1 Å². The molecule has 0 spiro atoms. The van der Waals surface area contributed by atoms with Crippen molar-refractivity contribution in [1.82, 2.24) is 4.98 Å². The van der Waals surface area contributed by atoms with Crippen molar-refractivity contribution in [3.63, 3.8) is 0 Å². The van der Waals surface area contributed by atoms with E-state index in [0.717, 1.165) is 11.1 Å². The summed E-state index contributed by atoms with van der Waals surface area (Å²) < 4.78 is 5.13. The van der Waals surface area contributed by atoms with Gasteiger partial charge in [0.2, 0.25) is 0 Å². The fourth-order valence-electron chi connectivity index (χ4n) is 2.57. The normalized spacial score (nSPS) is 10.6. The molecule has 0 unspecified atom stereocenters. The molecule has 0 aliphatic rings. The van der Waals surface area contributed by atoms with Crippen LogP contribution >= 0.6 is 0 Å². The number of aryl methyl sites for hydroxylation is 1. The molecule has 1 aromatic heterocycles. The maximum atomic E-state index is 12.4. The first-order chi connectivity index (χ1) is 12.0. The summed E-state index contributed by atoms with van der Waals surface area (Å²) in [6, 6.07) is 13.6. The summed E-state index contributed by atoms with van der Waals surface area (Å²) in [4.78, 5) is 27.4. The highest BCUT2D eigenvalue weighted by atomic mass is 16.6. The molecular formula is C19H16N2O4. The highest BCUT2D eigenvalue weighted by Gasteiger charge is 2.18. The summed E-state index contributed by atoms with van der Waals surface area (Å²) in [5.41, 5.74) is 3.20. The third-order valence-electron chi connectivity index (χ3n) is 3.83. The second-order valence-electron chi connectivity index (χ2n) is 5.61. The maximum absolute atomic E-state index is 12.4. The lowest BCUT2D eigenvalue weighted by Gasteiger charge is -2.10. The van der Waals surface area contributed by atoms with E-state index in [1.807, 2.05) is 31.2 Å². The SMILES string of the molecule is CCOC(=O)c1cc2cc([N+](=O)[O-])ccc2nc1-c1ccc(C)cc1. The molecule has 3 aromatic rings. The van der Waals surface area contributed by atoms with Crippen molar-refractivity contribution < 1.29 is 14.5 Å². The van der Waals surface area contributed by atoms with Gasteiger partial charge in [-0.2, -0.15) is 0 Å². The fraction of sp³-hybridized carbons (Fsp3) is 0.158. The topological polar surface area (TPSA) is 82.3 Å². The lowest BCUT2D eigenvalue weighted by molar-refractivity contribution is -0.384.